The van der Waals surface area contributed by atoms with Crippen LogP contribution in [0.2, 0.25) is 0 Å². The highest BCUT2D eigenvalue weighted by Crippen LogP contribution is 2.27. The first-order chi connectivity index (χ1) is 7.26. The number of rotatable bonds is 2. The van der Waals surface area contributed by atoms with Crippen LogP contribution in [0.3, 0.4) is 0 Å². The molecule has 0 saturated carbocycles. The van der Waals surface area contributed by atoms with Crippen molar-refractivity contribution < 1.29 is 0 Å². The number of halogens is 1. The van der Waals surface area contributed by atoms with Gasteiger partial charge in [0.1, 0.15) is 10.4 Å². The van der Waals surface area contributed by atoms with E-state index in [2.05, 4.69) is 36.2 Å². The molecular weight excluding hydrogens is 276 g/mol. The molecule has 0 spiro atoms. The van der Waals surface area contributed by atoms with E-state index >= 15 is 0 Å². The van der Waals surface area contributed by atoms with E-state index in [9.17, 15) is 0 Å². The normalized spacial score (nSPS) is 10.6. The predicted molar refractivity (Wildman–Crippen MR) is 66.4 cm³/mol. The van der Waals surface area contributed by atoms with E-state index in [-0.39, 0.29) is 0 Å². The first kappa shape index (κ1) is 10.6. The number of nitrogens with zero attached hydrogens (tertiary/aromatic N) is 3. The maximum atomic E-state index is 4.40. The zero-order valence-corrected chi connectivity index (χ0v) is 10.7. The summed E-state index contributed by atoms with van der Waals surface area (Å²) in [4.78, 5) is 12.9. The van der Waals surface area contributed by atoms with Crippen LogP contribution in [0.4, 0.5) is 5.82 Å². The Morgan fingerprint density at radius 1 is 1.40 bits per heavy atom. The first-order valence-corrected chi connectivity index (χ1v) is 6.32. The Labute approximate surface area is 100 Å². The summed E-state index contributed by atoms with van der Waals surface area (Å²) in [5.74, 6) is 0.796. The average Bonchev–Trinajstić information content (AvgIpc) is 2.27. The fourth-order valence-electron chi connectivity index (χ4n) is 1.29. The number of thioether (sulfide) groups is 1. The summed E-state index contributed by atoms with van der Waals surface area (Å²) in [5.41, 5.74) is 0.889. The summed E-state index contributed by atoms with van der Waals surface area (Å²) in [6.45, 7) is 0. The van der Waals surface area contributed by atoms with Crippen molar-refractivity contribution in [1.82, 2.24) is 15.0 Å². The Morgan fingerprint density at radius 2 is 2.20 bits per heavy atom. The average molecular weight is 285 g/mol. The number of aromatic nitrogens is 3. The van der Waals surface area contributed by atoms with Gasteiger partial charge in [-0.25, -0.2) is 15.0 Å². The van der Waals surface area contributed by atoms with Gasteiger partial charge in [-0.05, 0) is 28.3 Å². The lowest BCUT2D eigenvalue weighted by Crippen LogP contribution is -1.98. The molecule has 0 unspecified atom stereocenters. The molecule has 1 N–H and O–H groups in total. The van der Waals surface area contributed by atoms with E-state index in [0.29, 0.717) is 0 Å². The SMILES string of the molecule is CNc1nc(SC)nc2ccnc(Br)c12. The highest BCUT2D eigenvalue weighted by Gasteiger charge is 2.09. The summed E-state index contributed by atoms with van der Waals surface area (Å²) >= 11 is 4.92. The van der Waals surface area contributed by atoms with Gasteiger partial charge in [-0.15, -0.1) is 0 Å². The number of hydrogen-bond donors (Lipinski definition) is 1. The lowest BCUT2D eigenvalue weighted by Gasteiger charge is -2.07. The van der Waals surface area contributed by atoms with Crippen LogP contribution in [0.25, 0.3) is 10.9 Å². The molecule has 0 aliphatic heterocycles. The van der Waals surface area contributed by atoms with Crippen LogP contribution in [0, 0.1) is 0 Å². The molecule has 0 aromatic carbocycles. The van der Waals surface area contributed by atoms with Gasteiger partial charge in [0.15, 0.2) is 5.16 Å². The molecule has 2 aromatic rings. The first-order valence-electron chi connectivity index (χ1n) is 4.30. The summed E-state index contributed by atoms with van der Waals surface area (Å²) in [7, 11) is 1.84. The number of pyridine rings is 1. The molecule has 2 rings (SSSR count). The van der Waals surface area contributed by atoms with Crippen molar-refractivity contribution in [3.05, 3.63) is 16.9 Å². The molecule has 0 amide bonds. The van der Waals surface area contributed by atoms with E-state index in [1.54, 1.807) is 6.20 Å². The second-order valence-electron chi connectivity index (χ2n) is 2.80. The molecule has 0 saturated heterocycles. The van der Waals surface area contributed by atoms with Crippen molar-refractivity contribution in [3.63, 3.8) is 0 Å². The third-order valence-corrected chi connectivity index (χ3v) is 3.11. The maximum absolute atomic E-state index is 4.40. The molecule has 0 atom stereocenters. The van der Waals surface area contributed by atoms with Crippen molar-refractivity contribution in [3.8, 4) is 0 Å². The Hall–Kier alpha value is -0.880. The molecule has 78 valence electrons. The topological polar surface area (TPSA) is 50.7 Å². The molecule has 2 heterocycles. The van der Waals surface area contributed by atoms with Crippen LogP contribution in [-0.2, 0) is 0 Å². The second-order valence-corrected chi connectivity index (χ2v) is 4.33. The lowest BCUT2D eigenvalue weighted by atomic mass is 10.3. The van der Waals surface area contributed by atoms with Crippen molar-refractivity contribution >= 4 is 44.4 Å². The van der Waals surface area contributed by atoms with Gasteiger partial charge in [0.2, 0.25) is 0 Å². The number of nitrogens with one attached hydrogen (secondary N) is 1. The molecule has 2 aromatic heterocycles. The monoisotopic (exact) mass is 284 g/mol. The molecule has 6 heteroatoms. The van der Waals surface area contributed by atoms with E-state index in [1.807, 2.05) is 19.4 Å². The van der Waals surface area contributed by atoms with Gasteiger partial charge in [-0.2, -0.15) is 0 Å². The minimum atomic E-state index is 0.755. The molecule has 4 nitrogen and oxygen atoms in total. The Bertz CT molecular complexity index is 503. The summed E-state index contributed by atoms with van der Waals surface area (Å²) < 4.78 is 0.761. The van der Waals surface area contributed by atoms with Crippen molar-refractivity contribution in [2.75, 3.05) is 18.6 Å². The van der Waals surface area contributed by atoms with Gasteiger partial charge >= 0.3 is 0 Å². The predicted octanol–water partition coefficient (Wildman–Crippen LogP) is 2.55. The molecule has 0 aliphatic rings. The van der Waals surface area contributed by atoms with Gasteiger partial charge in [0, 0.05) is 13.2 Å². The molecular formula is C9H9BrN4S. The summed E-state index contributed by atoms with van der Waals surface area (Å²) in [6, 6.07) is 1.88. The summed E-state index contributed by atoms with van der Waals surface area (Å²) in [5, 5.41) is 4.72. The molecule has 0 aliphatic carbocycles. The van der Waals surface area contributed by atoms with Crippen LogP contribution >= 0.6 is 27.7 Å². The zero-order valence-electron chi connectivity index (χ0n) is 8.28. The molecule has 0 radical (unpaired) electrons. The highest BCUT2D eigenvalue weighted by molar-refractivity contribution is 9.10. The minimum absolute atomic E-state index is 0.755. The van der Waals surface area contributed by atoms with E-state index in [0.717, 1.165) is 26.5 Å². The summed E-state index contributed by atoms with van der Waals surface area (Å²) in [6.07, 6.45) is 3.68. The van der Waals surface area contributed by atoms with Crippen LogP contribution < -0.4 is 5.32 Å². The van der Waals surface area contributed by atoms with E-state index in [1.165, 1.54) is 11.8 Å². The maximum Gasteiger partial charge on any atom is 0.189 e. The minimum Gasteiger partial charge on any atom is -0.372 e. The van der Waals surface area contributed by atoms with Gasteiger partial charge in [0.05, 0.1) is 10.9 Å². The second kappa shape index (κ2) is 4.32. The van der Waals surface area contributed by atoms with Crippen LogP contribution in [0.1, 0.15) is 0 Å². The zero-order chi connectivity index (χ0) is 10.8. The van der Waals surface area contributed by atoms with Crippen LogP contribution in [-0.4, -0.2) is 28.3 Å². The van der Waals surface area contributed by atoms with Crippen LogP contribution in [0.15, 0.2) is 22.0 Å². The Morgan fingerprint density at radius 3 is 2.87 bits per heavy atom. The Kier molecular flexibility index (Phi) is 3.06. The standard InChI is InChI=1S/C9H9BrN4S/c1-11-8-6-5(3-4-12-7(6)10)13-9(14-8)15-2/h3-4H,1-2H3,(H,11,13,14). The fourth-order valence-corrected chi connectivity index (χ4v) is 2.17. The lowest BCUT2D eigenvalue weighted by molar-refractivity contribution is 1.00. The third-order valence-electron chi connectivity index (χ3n) is 1.96. The van der Waals surface area contributed by atoms with Crippen LogP contribution in [0.5, 0.6) is 0 Å². The molecule has 15 heavy (non-hydrogen) atoms. The molecule has 0 bridgehead atoms. The van der Waals surface area contributed by atoms with Gasteiger partial charge in [-0.3, -0.25) is 0 Å². The van der Waals surface area contributed by atoms with E-state index < -0.39 is 0 Å². The largest absolute Gasteiger partial charge is 0.372 e. The smallest absolute Gasteiger partial charge is 0.189 e. The number of anilines is 1. The number of hydrogen-bond acceptors (Lipinski definition) is 5. The van der Waals surface area contributed by atoms with E-state index in [4.69, 9.17) is 0 Å². The molecule has 0 fully saturated rings. The van der Waals surface area contributed by atoms with Crippen molar-refractivity contribution in [2.24, 2.45) is 0 Å². The number of fused-ring (bicyclic) bond motifs is 1. The van der Waals surface area contributed by atoms with Gasteiger partial charge < -0.3 is 5.32 Å². The highest BCUT2D eigenvalue weighted by atomic mass is 79.9. The Balaban J connectivity index is 2.81. The van der Waals surface area contributed by atoms with Crippen molar-refractivity contribution in [2.45, 2.75) is 5.16 Å². The quantitative estimate of drug-likeness (QED) is 0.522. The van der Waals surface area contributed by atoms with Gasteiger partial charge in [-0.1, -0.05) is 11.8 Å². The van der Waals surface area contributed by atoms with Gasteiger partial charge in [0.25, 0.3) is 0 Å². The third kappa shape index (κ3) is 1.91. The fraction of sp³-hybridized carbons (Fsp3) is 0.222. The van der Waals surface area contributed by atoms with Crippen molar-refractivity contribution in [1.29, 1.82) is 0 Å².